The molecule has 0 atom stereocenters. The topological polar surface area (TPSA) is 89.7 Å². The number of carboxylic acids is 1. The molecule has 0 bridgehead atoms. The van der Waals surface area contributed by atoms with Gasteiger partial charge in [0.1, 0.15) is 0 Å². The molecule has 0 saturated heterocycles. The summed E-state index contributed by atoms with van der Waals surface area (Å²) in [5, 5.41) is 19.2. The van der Waals surface area contributed by atoms with Crippen molar-refractivity contribution >= 4 is 23.3 Å². The highest BCUT2D eigenvalue weighted by Gasteiger charge is 2.27. The van der Waals surface area contributed by atoms with E-state index in [2.05, 4.69) is 4.74 Å². The molecule has 1 N–H and O–H groups in total. The minimum Gasteiger partial charge on any atom is -0.481 e. The van der Waals surface area contributed by atoms with Gasteiger partial charge in [-0.15, -0.1) is 0 Å². The van der Waals surface area contributed by atoms with Crippen LogP contribution in [0.25, 0.3) is 0 Å². The van der Waals surface area contributed by atoms with Crippen molar-refractivity contribution in [3.8, 4) is 5.75 Å². The maximum absolute atomic E-state index is 12.1. The van der Waals surface area contributed by atoms with Gasteiger partial charge in [-0.05, 0) is 12.1 Å². The summed E-state index contributed by atoms with van der Waals surface area (Å²) in [7, 11) is 0. The maximum Gasteiger partial charge on any atom is 0.387 e. The Morgan fingerprint density at radius 1 is 1.56 bits per heavy atom. The monoisotopic (exact) mass is 281 g/mol. The minimum atomic E-state index is -3.26. The first-order valence-corrected chi connectivity index (χ1v) is 4.83. The van der Waals surface area contributed by atoms with Gasteiger partial charge in [-0.1, -0.05) is 11.6 Å². The summed E-state index contributed by atoms with van der Waals surface area (Å²) < 4.78 is 28.1. The van der Waals surface area contributed by atoms with Crippen molar-refractivity contribution in [2.75, 3.05) is 0 Å². The van der Waals surface area contributed by atoms with E-state index in [1.807, 2.05) is 0 Å². The van der Waals surface area contributed by atoms with Gasteiger partial charge in [0.25, 0.3) is 0 Å². The van der Waals surface area contributed by atoms with E-state index in [-0.39, 0.29) is 10.6 Å². The highest BCUT2D eigenvalue weighted by atomic mass is 35.5. The van der Waals surface area contributed by atoms with Gasteiger partial charge < -0.3 is 9.84 Å². The molecule has 1 aromatic carbocycles. The van der Waals surface area contributed by atoms with Gasteiger partial charge in [-0.2, -0.15) is 8.78 Å². The molecule has 9 heteroatoms. The van der Waals surface area contributed by atoms with Crippen molar-refractivity contribution in [3.05, 3.63) is 32.8 Å². The molecule has 1 rings (SSSR count). The molecule has 98 valence electrons. The van der Waals surface area contributed by atoms with E-state index < -0.39 is 35.4 Å². The summed E-state index contributed by atoms with van der Waals surface area (Å²) in [5.41, 5.74) is -1.25. The van der Waals surface area contributed by atoms with E-state index in [1.165, 1.54) is 0 Å². The molecule has 0 amide bonds. The number of carbonyl (C=O) groups is 1. The van der Waals surface area contributed by atoms with Gasteiger partial charge in [-0.25, -0.2) is 0 Å². The molecule has 0 saturated carbocycles. The zero-order chi connectivity index (χ0) is 13.9. The Balaban J connectivity index is 3.37. The zero-order valence-electron chi connectivity index (χ0n) is 8.60. The quantitative estimate of drug-likeness (QED) is 0.661. The van der Waals surface area contributed by atoms with Gasteiger partial charge in [0.05, 0.1) is 21.9 Å². The Morgan fingerprint density at radius 2 is 2.17 bits per heavy atom. The summed E-state index contributed by atoms with van der Waals surface area (Å²) in [6, 6.07) is 1.95. The molecule has 0 spiro atoms. The lowest BCUT2D eigenvalue weighted by Crippen LogP contribution is -2.09. The number of hydrogen-bond acceptors (Lipinski definition) is 4. The number of benzene rings is 1. The standard InChI is InChI=1S/C9H6ClF2NO5/c10-5-1-2-6(18-9(11)12)8(13(16)17)4(5)3-7(14)15/h1-2,9H,3H2,(H,14,15). The molecule has 0 aromatic heterocycles. The normalized spacial score (nSPS) is 10.4. The van der Waals surface area contributed by atoms with Gasteiger partial charge >= 0.3 is 18.3 Å². The fraction of sp³-hybridized carbons (Fsp3) is 0.222. The summed E-state index contributed by atoms with van der Waals surface area (Å²) >= 11 is 5.62. The minimum absolute atomic E-state index is 0.203. The smallest absolute Gasteiger partial charge is 0.387 e. The first kappa shape index (κ1) is 14.1. The molecule has 18 heavy (non-hydrogen) atoms. The summed E-state index contributed by atoms with van der Waals surface area (Å²) in [5.74, 6) is -2.11. The van der Waals surface area contributed by atoms with Crippen LogP contribution in [0.15, 0.2) is 12.1 Å². The van der Waals surface area contributed by atoms with E-state index in [9.17, 15) is 23.7 Å². The van der Waals surface area contributed by atoms with Gasteiger partial charge in [0.15, 0.2) is 0 Å². The lowest BCUT2D eigenvalue weighted by molar-refractivity contribution is -0.387. The van der Waals surface area contributed by atoms with Crippen LogP contribution in [0.2, 0.25) is 5.02 Å². The maximum atomic E-state index is 12.1. The molecule has 0 fully saturated rings. The molecular formula is C9H6ClF2NO5. The lowest BCUT2D eigenvalue weighted by atomic mass is 10.1. The molecule has 0 unspecified atom stereocenters. The largest absolute Gasteiger partial charge is 0.481 e. The van der Waals surface area contributed by atoms with Crippen LogP contribution in [-0.2, 0) is 11.2 Å². The Morgan fingerprint density at radius 3 is 2.61 bits per heavy atom. The second kappa shape index (κ2) is 5.58. The van der Waals surface area contributed by atoms with Crippen LogP contribution >= 0.6 is 11.6 Å². The molecule has 0 aliphatic carbocycles. The van der Waals surface area contributed by atoms with Crippen molar-refractivity contribution in [1.29, 1.82) is 0 Å². The summed E-state index contributed by atoms with van der Waals surface area (Å²) in [6.45, 7) is -3.26. The third-order valence-electron chi connectivity index (χ3n) is 1.92. The Hall–Kier alpha value is -1.96. The lowest BCUT2D eigenvalue weighted by Gasteiger charge is -2.09. The number of rotatable bonds is 5. The van der Waals surface area contributed by atoms with Crippen molar-refractivity contribution < 1.29 is 28.3 Å². The van der Waals surface area contributed by atoms with Crippen LogP contribution in [0.3, 0.4) is 0 Å². The number of nitro benzene ring substituents is 1. The highest BCUT2D eigenvalue weighted by molar-refractivity contribution is 6.32. The first-order valence-electron chi connectivity index (χ1n) is 4.45. The SMILES string of the molecule is O=C(O)Cc1c(Cl)ccc(OC(F)F)c1[N+](=O)[O-]. The van der Waals surface area contributed by atoms with Crippen molar-refractivity contribution in [3.63, 3.8) is 0 Å². The van der Waals surface area contributed by atoms with E-state index >= 15 is 0 Å². The molecule has 0 heterocycles. The molecule has 1 aromatic rings. The molecule has 6 nitrogen and oxygen atoms in total. The fourth-order valence-corrected chi connectivity index (χ4v) is 1.52. The van der Waals surface area contributed by atoms with Crippen molar-refractivity contribution in [1.82, 2.24) is 0 Å². The number of halogens is 3. The van der Waals surface area contributed by atoms with Crippen LogP contribution in [0.5, 0.6) is 5.75 Å². The third kappa shape index (κ3) is 3.27. The number of carboxylic acid groups (broad SMARTS) is 1. The highest BCUT2D eigenvalue weighted by Crippen LogP contribution is 2.36. The third-order valence-corrected chi connectivity index (χ3v) is 2.27. The van der Waals surface area contributed by atoms with Crippen LogP contribution in [0.4, 0.5) is 14.5 Å². The van der Waals surface area contributed by atoms with Gasteiger partial charge in [0.2, 0.25) is 5.75 Å². The first-order chi connectivity index (χ1) is 8.32. The number of nitro groups is 1. The summed E-state index contributed by atoms with van der Waals surface area (Å²) in [6.07, 6.45) is -0.768. The second-order valence-electron chi connectivity index (χ2n) is 3.08. The number of aliphatic carboxylic acids is 1. The average molecular weight is 282 g/mol. The van der Waals surface area contributed by atoms with E-state index in [0.29, 0.717) is 0 Å². The number of hydrogen-bond donors (Lipinski definition) is 1. The Kier molecular flexibility index (Phi) is 4.38. The summed E-state index contributed by atoms with van der Waals surface area (Å²) in [4.78, 5) is 20.3. The molecule has 0 aliphatic heterocycles. The van der Waals surface area contributed by atoms with Crippen molar-refractivity contribution in [2.45, 2.75) is 13.0 Å². The van der Waals surface area contributed by atoms with Crippen LogP contribution < -0.4 is 4.74 Å². The predicted octanol–water partition coefficient (Wildman–Crippen LogP) is 2.48. The molecule has 0 aliphatic rings. The average Bonchev–Trinajstić information content (AvgIpc) is 2.21. The van der Waals surface area contributed by atoms with Gasteiger partial charge in [-0.3, -0.25) is 14.9 Å². The van der Waals surface area contributed by atoms with Crippen LogP contribution in [-0.4, -0.2) is 22.6 Å². The molecular weight excluding hydrogens is 276 g/mol. The number of alkyl halides is 2. The fourth-order valence-electron chi connectivity index (χ4n) is 1.30. The van der Waals surface area contributed by atoms with Crippen LogP contribution in [0.1, 0.15) is 5.56 Å². The van der Waals surface area contributed by atoms with E-state index in [1.54, 1.807) is 0 Å². The second-order valence-corrected chi connectivity index (χ2v) is 3.49. The molecule has 0 radical (unpaired) electrons. The predicted molar refractivity (Wildman–Crippen MR) is 56.1 cm³/mol. The number of nitrogens with zero attached hydrogens (tertiary/aromatic N) is 1. The van der Waals surface area contributed by atoms with Crippen molar-refractivity contribution in [2.24, 2.45) is 0 Å². The number of ether oxygens (including phenoxy) is 1. The Bertz CT molecular complexity index is 494. The van der Waals surface area contributed by atoms with E-state index in [0.717, 1.165) is 12.1 Å². The Labute approximate surface area is 104 Å². The van der Waals surface area contributed by atoms with E-state index in [4.69, 9.17) is 16.7 Å². The van der Waals surface area contributed by atoms with Gasteiger partial charge in [0, 0.05) is 0 Å². The zero-order valence-corrected chi connectivity index (χ0v) is 9.36. The van der Waals surface area contributed by atoms with Crippen LogP contribution in [0, 0.1) is 10.1 Å².